The van der Waals surface area contributed by atoms with E-state index in [2.05, 4.69) is 15.5 Å². The quantitative estimate of drug-likeness (QED) is 0.281. The third-order valence-corrected chi connectivity index (χ3v) is 4.26. The van der Waals surface area contributed by atoms with E-state index in [4.69, 9.17) is 23.2 Å². The second-order valence-corrected chi connectivity index (χ2v) is 6.60. The Balaban J connectivity index is 1.82. The van der Waals surface area contributed by atoms with E-state index in [1.54, 1.807) is 24.3 Å². The second-order valence-electron chi connectivity index (χ2n) is 5.76. The molecular formula is C19H12Cl2N4O4. The van der Waals surface area contributed by atoms with Crippen LogP contribution in [0.2, 0.25) is 10.0 Å². The predicted molar refractivity (Wildman–Crippen MR) is 110 cm³/mol. The molecule has 0 radical (unpaired) electrons. The SMILES string of the molecule is O=C(Nc1cccc(Cl)c1)c1cc(N=Nc2ccc([N+](=O)[O-])cc2Cl)ccc1O. The lowest BCUT2D eigenvalue weighted by atomic mass is 10.1. The Hall–Kier alpha value is -3.49. The van der Waals surface area contributed by atoms with Gasteiger partial charge in [-0.05, 0) is 42.5 Å². The molecule has 0 saturated heterocycles. The Labute approximate surface area is 174 Å². The van der Waals surface area contributed by atoms with Crippen molar-refractivity contribution in [2.45, 2.75) is 0 Å². The number of benzene rings is 3. The van der Waals surface area contributed by atoms with E-state index < -0.39 is 10.8 Å². The van der Waals surface area contributed by atoms with Crippen molar-refractivity contribution in [2.75, 3.05) is 5.32 Å². The molecule has 0 spiro atoms. The van der Waals surface area contributed by atoms with Crippen LogP contribution in [0.1, 0.15) is 10.4 Å². The summed E-state index contributed by atoms with van der Waals surface area (Å²) in [5.41, 5.74) is 0.769. The van der Waals surface area contributed by atoms with Crippen LogP contribution >= 0.6 is 23.2 Å². The highest BCUT2D eigenvalue weighted by Crippen LogP contribution is 2.31. The lowest BCUT2D eigenvalue weighted by molar-refractivity contribution is -0.384. The molecule has 3 rings (SSSR count). The first-order valence-corrected chi connectivity index (χ1v) is 8.85. The molecular weight excluding hydrogens is 419 g/mol. The highest BCUT2D eigenvalue weighted by atomic mass is 35.5. The zero-order valence-electron chi connectivity index (χ0n) is 14.5. The fourth-order valence-corrected chi connectivity index (χ4v) is 2.74. The maximum absolute atomic E-state index is 12.5. The number of aromatic hydroxyl groups is 1. The van der Waals surface area contributed by atoms with Gasteiger partial charge in [0.2, 0.25) is 0 Å². The smallest absolute Gasteiger partial charge is 0.271 e. The zero-order valence-corrected chi connectivity index (χ0v) is 16.1. The lowest BCUT2D eigenvalue weighted by Gasteiger charge is -2.07. The molecule has 0 bridgehead atoms. The minimum Gasteiger partial charge on any atom is -0.507 e. The van der Waals surface area contributed by atoms with Gasteiger partial charge in [-0.3, -0.25) is 14.9 Å². The minimum atomic E-state index is -0.572. The summed E-state index contributed by atoms with van der Waals surface area (Å²) in [7, 11) is 0. The Morgan fingerprint density at radius 3 is 2.52 bits per heavy atom. The van der Waals surface area contributed by atoms with E-state index in [1.165, 1.54) is 30.3 Å². The number of hydrogen-bond acceptors (Lipinski definition) is 6. The molecule has 0 aromatic heterocycles. The van der Waals surface area contributed by atoms with Crippen molar-refractivity contribution in [3.63, 3.8) is 0 Å². The van der Waals surface area contributed by atoms with Gasteiger partial charge in [0.25, 0.3) is 11.6 Å². The standard InChI is InChI=1S/C19H12Cl2N4O4/c20-11-2-1-3-12(8-11)22-19(27)15-9-13(4-7-18(15)26)23-24-17-6-5-14(25(28)29)10-16(17)21/h1-10,26H,(H,22,27). The number of nitro benzene ring substituents is 1. The maximum Gasteiger partial charge on any atom is 0.271 e. The molecule has 146 valence electrons. The molecule has 2 N–H and O–H groups in total. The summed E-state index contributed by atoms with van der Waals surface area (Å²) in [4.78, 5) is 22.6. The van der Waals surface area contributed by atoms with Crippen molar-refractivity contribution >= 4 is 51.9 Å². The van der Waals surface area contributed by atoms with Crippen LogP contribution in [0.3, 0.4) is 0 Å². The topological polar surface area (TPSA) is 117 Å². The molecule has 3 aromatic carbocycles. The average Bonchev–Trinajstić information content (AvgIpc) is 2.67. The highest BCUT2D eigenvalue weighted by molar-refractivity contribution is 6.33. The van der Waals surface area contributed by atoms with E-state index in [-0.39, 0.29) is 33.4 Å². The summed E-state index contributed by atoms with van der Waals surface area (Å²) in [6, 6.07) is 14.4. The first-order chi connectivity index (χ1) is 13.8. The molecule has 0 fully saturated rings. The number of carbonyl (C=O) groups excluding carboxylic acids is 1. The van der Waals surface area contributed by atoms with E-state index in [9.17, 15) is 20.0 Å². The van der Waals surface area contributed by atoms with Gasteiger partial charge in [0.05, 0.1) is 21.2 Å². The summed E-state index contributed by atoms with van der Waals surface area (Å²) >= 11 is 11.9. The number of nitrogens with one attached hydrogen (secondary N) is 1. The van der Waals surface area contributed by atoms with Gasteiger partial charge in [-0.2, -0.15) is 5.11 Å². The lowest BCUT2D eigenvalue weighted by Crippen LogP contribution is -2.11. The summed E-state index contributed by atoms with van der Waals surface area (Å²) in [5.74, 6) is -0.799. The van der Waals surface area contributed by atoms with Gasteiger partial charge in [-0.25, -0.2) is 0 Å². The Morgan fingerprint density at radius 1 is 1.03 bits per heavy atom. The number of azo groups is 1. The first-order valence-electron chi connectivity index (χ1n) is 8.09. The highest BCUT2D eigenvalue weighted by Gasteiger charge is 2.13. The van der Waals surface area contributed by atoms with Gasteiger partial charge in [0.15, 0.2) is 0 Å². The third-order valence-electron chi connectivity index (χ3n) is 3.72. The van der Waals surface area contributed by atoms with E-state index in [0.717, 1.165) is 6.07 Å². The molecule has 3 aromatic rings. The Morgan fingerprint density at radius 2 is 1.83 bits per heavy atom. The molecule has 0 unspecified atom stereocenters. The van der Waals surface area contributed by atoms with Gasteiger partial charge < -0.3 is 10.4 Å². The van der Waals surface area contributed by atoms with Crippen LogP contribution in [-0.2, 0) is 0 Å². The van der Waals surface area contributed by atoms with Crippen LogP contribution in [-0.4, -0.2) is 15.9 Å². The number of nitro groups is 1. The van der Waals surface area contributed by atoms with Crippen molar-refractivity contribution in [2.24, 2.45) is 10.2 Å². The van der Waals surface area contributed by atoms with Crippen LogP contribution in [0.4, 0.5) is 22.7 Å². The molecule has 0 saturated carbocycles. The molecule has 29 heavy (non-hydrogen) atoms. The third kappa shape index (κ3) is 5.07. The molecule has 0 aliphatic carbocycles. The van der Waals surface area contributed by atoms with Gasteiger partial charge in [0.1, 0.15) is 11.4 Å². The van der Waals surface area contributed by atoms with Crippen LogP contribution in [0.5, 0.6) is 5.75 Å². The molecule has 10 heteroatoms. The monoisotopic (exact) mass is 430 g/mol. The largest absolute Gasteiger partial charge is 0.507 e. The van der Waals surface area contributed by atoms with E-state index in [0.29, 0.717) is 10.7 Å². The molecule has 0 atom stereocenters. The number of anilines is 1. The predicted octanol–water partition coefficient (Wildman–Crippen LogP) is 6.27. The van der Waals surface area contributed by atoms with Crippen LogP contribution in [0.25, 0.3) is 0 Å². The molecule has 0 heterocycles. The summed E-state index contributed by atoms with van der Waals surface area (Å²) < 4.78 is 0. The first kappa shape index (κ1) is 20.2. The molecule has 0 aliphatic rings. The fraction of sp³-hybridized carbons (Fsp3) is 0. The van der Waals surface area contributed by atoms with Crippen molar-refractivity contribution in [3.8, 4) is 5.75 Å². The van der Waals surface area contributed by atoms with E-state index in [1.807, 2.05) is 0 Å². The number of carbonyl (C=O) groups is 1. The number of amides is 1. The second kappa shape index (κ2) is 8.68. The number of phenols is 1. The van der Waals surface area contributed by atoms with Gasteiger partial charge >= 0.3 is 0 Å². The zero-order chi connectivity index (χ0) is 21.0. The number of halogens is 2. The Kier molecular flexibility index (Phi) is 6.06. The van der Waals surface area contributed by atoms with Crippen LogP contribution < -0.4 is 5.32 Å². The maximum atomic E-state index is 12.5. The van der Waals surface area contributed by atoms with Gasteiger partial charge in [-0.1, -0.05) is 29.3 Å². The summed E-state index contributed by atoms with van der Waals surface area (Å²) in [6.07, 6.45) is 0. The fourth-order valence-electron chi connectivity index (χ4n) is 2.33. The van der Waals surface area contributed by atoms with Gasteiger partial charge in [-0.15, -0.1) is 5.11 Å². The van der Waals surface area contributed by atoms with Crippen molar-refractivity contribution in [3.05, 3.63) is 86.4 Å². The number of phenolic OH excluding ortho intramolecular Hbond substituents is 1. The number of nitrogens with zero attached hydrogens (tertiary/aromatic N) is 3. The van der Waals surface area contributed by atoms with Crippen molar-refractivity contribution in [1.29, 1.82) is 0 Å². The summed E-state index contributed by atoms with van der Waals surface area (Å²) in [5, 5.41) is 31.8. The van der Waals surface area contributed by atoms with E-state index >= 15 is 0 Å². The Bertz CT molecular complexity index is 1130. The molecule has 0 aliphatic heterocycles. The number of rotatable bonds is 5. The minimum absolute atomic E-state index is 0.0174. The molecule has 1 amide bonds. The average molecular weight is 431 g/mol. The molecule has 8 nitrogen and oxygen atoms in total. The summed E-state index contributed by atoms with van der Waals surface area (Å²) in [6.45, 7) is 0. The van der Waals surface area contributed by atoms with Gasteiger partial charge in [0, 0.05) is 22.8 Å². The number of hydrogen-bond donors (Lipinski definition) is 2. The van der Waals surface area contributed by atoms with Crippen molar-refractivity contribution < 1.29 is 14.8 Å². The number of non-ortho nitro benzene ring substituents is 1. The van der Waals surface area contributed by atoms with Crippen LogP contribution in [0.15, 0.2) is 70.9 Å². The van der Waals surface area contributed by atoms with Crippen molar-refractivity contribution in [1.82, 2.24) is 0 Å². The van der Waals surface area contributed by atoms with Crippen LogP contribution in [0, 0.1) is 10.1 Å². The normalized spacial score (nSPS) is 10.8.